The molecule has 1 heterocycles. The molecule has 3 aromatic rings. The number of amides is 1. The summed E-state index contributed by atoms with van der Waals surface area (Å²) in [4.78, 5) is 11.4. The van der Waals surface area contributed by atoms with Gasteiger partial charge in [-0.25, -0.2) is 9.18 Å². The van der Waals surface area contributed by atoms with Gasteiger partial charge in [0.05, 0.1) is 6.04 Å². The second-order valence-corrected chi connectivity index (χ2v) is 7.43. The number of carboxylic acid groups (broad SMARTS) is 1. The molecular formula is C23H19ClFNO3. The van der Waals surface area contributed by atoms with Crippen molar-refractivity contribution in [2.45, 2.75) is 25.0 Å². The third kappa shape index (κ3) is 4.20. The lowest BCUT2D eigenvalue weighted by Gasteiger charge is -2.24. The van der Waals surface area contributed by atoms with Gasteiger partial charge in [0.15, 0.2) is 0 Å². The van der Waals surface area contributed by atoms with Crippen LogP contribution in [0, 0.1) is 5.82 Å². The van der Waals surface area contributed by atoms with Crippen LogP contribution in [0.5, 0.6) is 5.75 Å². The Bertz CT molecular complexity index is 1040. The zero-order valence-corrected chi connectivity index (χ0v) is 16.2. The van der Waals surface area contributed by atoms with Gasteiger partial charge in [-0.05, 0) is 30.2 Å². The minimum Gasteiger partial charge on any atom is -0.487 e. The molecular weight excluding hydrogens is 393 g/mol. The fourth-order valence-corrected chi connectivity index (χ4v) is 3.99. The summed E-state index contributed by atoms with van der Waals surface area (Å²) in [5.41, 5.74) is 2.94. The van der Waals surface area contributed by atoms with Crippen molar-refractivity contribution >= 4 is 17.7 Å². The van der Waals surface area contributed by atoms with Gasteiger partial charge in [0, 0.05) is 28.1 Å². The highest BCUT2D eigenvalue weighted by atomic mass is 35.5. The smallest absolute Gasteiger partial charge is 0.405 e. The average Bonchev–Trinajstić information content (AvgIpc) is 3.12. The quantitative estimate of drug-likeness (QED) is 0.596. The van der Waals surface area contributed by atoms with E-state index in [1.54, 1.807) is 6.07 Å². The largest absolute Gasteiger partial charge is 0.487 e. The highest BCUT2D eigenvalue weighted by molar-refractivity contribution is 6.33. The Balaban J connectivity index is 1.67. The number of carbonyl (C=O) groups is 1. The maximum Gasteiger partial charge on any atom is 0.405 e. The number of hydrogen-bond acceptors (Lipinski definition) is 2. The third-order valence-corrected chi connectivity index (χ3v) is 5.37. The summed E-state index contributed by atoms with van der Waals surface area (Å²) < 4.78 is 20.5. The molecule has 4 rings (SSSR count). The molecule has 0 bridgehead atoms. The van der Waals surface area contributed by atoms with Gasteiger partial charge in [-0.15, -0.1) is 0 Å². The van der Waals surface area contributed by atoms with Gasteiger partial charge in [0.2, 0.25) is 0 Å². The van der Waals surface area contributed by atoms with Crippen LogP contribution in [0.2, 0.25) is 5.02 Å². The van der Waals surface area contributed by atoms with Gasteiger partial charge in [0.1, 0.15) is 17.7 Å². The Morgan fingerprint density at radius 1 is 1.14 bits per heavy atom. The van der Waals surface area contributed by atoms with Crippen molar-refractivity contribution in [2.24, 2.45) is 0 Å². The first-order valence-corrected chi connectivity index (χ1v) is 9.66. The number of ether oxygens (including phenoxy) is 1. The van der Waals surface area contributed by atoms with Crippen molar-refractivity contribution < 1.29 is 19.0 Å². The molecule has 0 spiro atoms. The first-order valence-electron chi connectivity index (χ1n) is 9.28. The van der Waals surface area contributed by atoms with E-state index in [-0.39, 0.29) is 5.82 Å². The standard InChI is InChI=1S/C23H19ClFNO3/c24-19-9-5-4-8-17(19)18-13-16(25)11-15-12-21(29-22(15)18)20(26-23(27)28)10-14-6-2-1-3-7-14/h1-9,11,13,20-21,26H,10,12H2,(H,27,28). The second kappa shape index (κ2) is 8.13. The Morgan fingerprint density at radius 2 is 1.86 bits per heavy atom. The molecule has 2 N–H and O–H groups in total. The lowest BCUT2D eigenvalue weighted by Crippen LogP contribution is -2.46. The van der Waals surface area contributed by atoms with Crippen LogP contribution in [0.15, 0.2) is 66.7 Å². The predicted octanol–water partition coefficient (Wildman–Crippen LogP) is 5.33. The van der Waals surface area contributed by atoms with E-state index in [2.05, 4.69) is 5.32 Å². The van der Waals surface area contributed by atoms with Crippen LogP contribution in [0.25, 0.3) is 11.1 Å². The number of fused-ring (bicyclic) bond motifs is 1. The third-order valence-electron chi connectivity index (χ3n) is 5.04. The summed E-state index contributed by atoms with van der Waals surface area (Å²) >= 11 is 6.32. The van der Waals surface area contributed by atoms with Crippen molar-refractivity contribution in [3.8, 4) is 16.9 Å². The fraction of sp³-hybridized carbons (Fsp3) is 0.174. The number of hydrogen-bond donors (Lipinski definition) is 2. The Kier molecular flexibility index (Phi) is 5.41. The normalized spacial score (nSPS) is 16.0. The molecule has 2 atom stereocenters. The Labute approximate surface area is 172 Å². The second-order valence-electron chi connectivity index (χ2n) is 7.03. The maximum atomic E-state index is 14.3. The molecule has 2 unspecified atom stereocenters. The Hall–Kier alpha value is -3.05. The van der Waals surface area contributed by atoms with Gasteiger partial charge in [-0.1, -0.05) is 60.1 Å². The summed E-state index contributed by atoms with van der Waals surface area (Å²) in [5.74, 6) is 0.170. The number of benzene rings is 3. The molecule has 1 aliphatic rings. The molecule has 0 fully saturated rings. The van der Waals surface area contributed by atoms with Crippen LogP contribution in [0.1, 0.15) is 11.1 Å². The monoisotopic (exact) mass is 411 g/mol. The minimum atomic E-state index is -1.12. The molecule has 0 aromatic heterocycles. The van der Waals surface area contributed by atoms with Gasteiger partial charge >= 0.3 is 6.09 Å². The molecule has 0 radical (unpaired) electrons. The molecule has 29 heavy (non-hydrogen) atoms. The number of halogens is 2. The van der Waals surface area contributed by atoms with Gasteiger partial charge in [0.25, 0.3) is 0 Å². The number of rotatable bonds is 5. The Morgan fingerprint density at radius 3 is 2.59 bits per heavy atom. The van der Waals surface area contributed by atoms with E-state index in [1.165, 1.54) is 12.1 Å². The minimum absolute atomic E-state index is 0.381. The molecule has 0 aliphatic carbocycles. The summed E-state index contributed by atoms with van der Waals surface area (Å²) in [6, 6.07) is 19.1. The summed E-state index contributed by atoms with van der Waals surface area (Å²) in [6.45, 7) is 0. The molecule has 3 aromatic carbocycles. The first kappa shape index (κ1) is 19.3. The van der Waals surface area contributed by atoms with Gasteiger partial charge in [-0.2, -0.15) is 0 Å². The molecule has 6 heteroatoms. The molecule has 0 saturated carbocycles. The van der Waals surface area contributed by atoms with Crippen LogP contribution in [0.4, 0.5) is 9.18 Å². The predicted molar refractivity (Wildman–Crippen MR) is 110 cm³/mol. The van der Waals surface area contributed by atoms with E-state index in [9.17, 15) is 14.3 Å². The molecule has 0 saturated heterocycles. The zero-order valence-electron chi connectivity index (χ0n) is 15.4. The van der Waals surface area contributed by atoms with Crippen LogP contribution in [0.3, 0.4) is 0 Å². The van der Waals surface area contributed by atoms with Crippen molar-refractivity contribution in [3.05, 3.63) is 88.7 Å². The van der Waals surface area contributed by atoms with Crippen LogP contribution in [-0.2, 0) is 12.8 Å². The molecule has 4 nitrogen and oxygen atoms in total. The van der Waals surface area contributed by atoms with E-state index in [0.29, 0.717) is 40.3 Å². The van der Waals surface area contributed by atoms with E-state index in [1.807, 2.05) is 48.5 Å². The fourth-order valence-electron chi connectivity index (χ4n) is 3.76. The highest BCUT2D eigenvalue weighted by Gasteiger charge is 2.34. The molecule has 1 aliphatic heterocycles. The SMILES string of the molecule is O=C(O)NC(Cc1ccccc1)C1Cc2cc(F)cc(-c3ccccc3Cl)c2O1. The van der Waals surface area contributed by atoms with Crippen LogP contribution < -0.4 is 10.1 Å². The first-order chi connectivity index (χ1) is 14.0. The summed E-state index contributed by atoms with van der Waals surface area (Å²) in [5, 5.41) is 12.4. The van der Waals surface area contributed by atoms with Crippen molar-refractivity contribution in [2.75, 3.05) is 0 Å². The topological polar surface area (TPSA) is 58.6 Å². The van der Waals surface area contributed by atoms with Crippen molar-refractivity contribution in [1.82, 2.24) is 5.32 Å². The van der Waals surface area contributed by atoms with Crippen molar-refractivity contribution in [1.29, 1.82) is 0 Å². The lowest BCUT2D eigenvalue weighted by atomic mass is 9.96. The lowest BCUT2D eigenvalue weighted by molar-refractivity contribution is 0.154. The van der Waals surface area contributed by atoms with Gasteiger partial charge < -0.3 is 15.2 Å². The summed E-state index contributed by atoms with van der Waals surface area (Å²) in [7, 11) is 0. The number of nitrogens with one attached hydrogen (secondary N) is 1. The maximum absolute atomic E-state index is 14.3. The zero-order chi connectivity index (χ0) is 20.4. The molecule has 1 amide bonds. The summed E-state index contributed by atoms with van der Waals surface area (Å²) in [6.07, 6.45) is -0.703. The van der Waals surface area contributed by atoms with Gasteiger partial charge in [-0.3, -0.25) is 0 Å². The van der Waals surface area contributed by atoms with E-state index >= 15 is 0 Å². The highest BCUT2D eigenvalue weighted by Crippen LogP contribution is 2.42. The van der Waals surface area contributed by atoms with E-state index < -0.39 is 18.2 Å². The van der Waals surface area contributed by atoms with Crippen molar-refractivity contribution in [3.63, 3.8) is 0 Å². The molecule has 148 valence electrons. The van der Waals surface area contributed by atoms with E-state index in [4.69, 9.17) is 16.3 Å². The van der Waals surface area contributed by atoms with E-state index in [0.717, 1.165) is 5.56 Å². The average molecular weight is 412 g/mol. The van der Waals surface area contributed by atoms with Crippen LogP contribution in [-0.4, -0.2) is 23.3 Å². The van der Waals surface area contributed by atoms with Crippen LogP contribution >= 0.6 is 11.6 Å².